The third-order valence-corrected chi connectivity index (χ3v) is 3.13. The standard InChI is InChI=1S/C15H17N3O3/c1-17(2)7-8-18-10-16-9-13(14(18)19)11-3-5-12(6-4-11)15(20)21/h3-6,9-10H,7-8H2,1-2H3,(H,20,21). The summed E-state index contributed by atoms with van der Waals surface area (Å²) >= 11 is 0. The van der Waals surface area contributed by atoms with Crippen LogP contribution in [0.25, 0.3) is 11.1 Å². The molecule has 1 heterocycles. The minimum atomic E-state index is -0.990. The predicted molar refractivity (Wildman–Crippen MR) is 79.4 cm³/mol. The Kier molecular flexibility index (Phi) is 4.49. The Hall–Kier alpha value is -2.47. The van der Waals surface area contributed by atoms with E-state index < -0.39 is 5.97 Å². The zero-order valence-corrected chi connectivity index (χ0v) is 12.0. The van der Waals surface area contributed by atoms with Gasteiger partial charge in [-0.1, -0.05) is 12.1 Å². The molecule has 2 rings (SSSR count). The van der Waals surface area contributed by atoms with Crippen LogP contribution < -0.4 is 5.56 Å². The molecule has 1 aromatic carbocycles. The van der Waals surface area contributed by atoms with Crippen molar-refractivity contribution in [3.63, 3.8) is 0 Å². The molecule has 6 nitrogen and oxygen atoms in total. The zero-order chi connectivity index (χ0) is 15.4. The van der Waals surface area contributed by atoms with Crippen molar-refractivity contribution in [3.8, 4) is 11.1 Å². The van der Waals surface area contributed by atoms with Crippen molar-refractivity contribution in [2.75, 3.05) is 20.6 Å². The molecule has 1 N–H and O–H groups in total. The highest BCUT2D eigenvalue weighted by Crippen LogP contribution is 2.15. The van der Waals surface area contributed by atoms with E-state index in [1.54, 1.807) is 16.7 Å². The number of aromatic nitrogens is 2. The minimum Gasteiger partial charge on any atom is -0.478 e. The summed E-state index contributed by atoms with van der Waals surface area (Å²) in [6.45, 7) is 1.29. The van der Waals surface area contributed by atoms with Gasteiger partial charge in [0.1, 0.15) is 0 Å². The minimum absolute atomic E-state index is 0.130. The lowest BCUT2D eigenvalue weighted by atomic mass is 10.1. The van der Waals surface area contributed by atoms with Crippen molar-refractivity contribution >= 4 is 5.97 Å². The van der Waals surface area contributed by atoms with Crippen molar-refractivity contribution in [1.82, 2.24) is 14.5 Å². The SMILES string of the molecule is CN(C)CCn1cncc(-c2ccc(C(=O)O)cc2)c1=O. The van der Waals surface area contributed by atoms with Gasteiger partial charge in [0, 0.05) is 19.3 Å². The van der Waals surface area contributed by atoms with Crippen LogP contribution in [0.2, 0.25) is 0 Å². The van der Waals surface area contributed by atoms with E-state index in [2.05, 4.69) is 4.98 Å². The van der Waals surface area contributed by atoms with Gasteiger partial charge in [-0.25, -0.2) is 9.78 Å². The number of benzene rings is 1. The smallest absolute Gasteiger partial charge is 0.335 e. The number of hydrogen-bond acceptors (Lipinski definition) is 4. The lowest BCUT2D eigenvalue weighted by Crippen LogP contribution is -2.27. The average molecular weight is 287 g/mol. The van der Waals surface area contributed by atoms with Crippen molar-refractivity contribution < 1.29 is 9.90 Å². The molecule has 0 saturated carbocycles. The van der Waals surface area contributed by atoms with Crippen molar-refractivity contribution in [2.45, 2.75) is 6.54 Å². The third kappa shape index (κ3) is 3.55. The molecule has 0 spiro atoms. The number of likely N-dealkylation sites (N-methyl/N-ethyl adjacent to an activating group) is 1. The van der Waals surface area contributed by atoms with Gasteiger partial charge in [-0.2, -0.15) is 0 Å². The molecule has 0 saturated heterocycles. The van der Waals surface area contributed by atoms with E-state index in [-0.39, 0.29) is 11.1 Å². The van der Waals surface area contributed by atoms with Crippen LogP contribution in [0.15, 0.2) is 41.6 Å². The molecule has 0 aliphatic heterocycles. The molecule has 0 fully saturated rings. The van der Waals surface area contributed by atoms with Crippen molar-refractivity contribution in [1.29, 1.82) is 0 Å². The van der Waals surface area contributed by atoms with E-state index in [4.69, 9.17) is 5.11 Å². The maximum Gasteiger partial charge on any atom is 0.335 e. The van der Waals surface area contributed by atoms with Gasteiger partial charge >= 0.3 is 5.97 Å². The van der Waals surface area contributed by atoms with E-state index in [1.165, 1.54) is 24.7 Å². The number of carbonyl (C=O) groups is 1. The first-order valence-corrected chi connectivity index (χ1v) is 6.52. The summed E-state index contributed by atoms with van der Waals surface area (Å²) in [5.74, 6) is -0.990. The Morgan fingerprint density at radius 1 is 1.29 bits per heavy atom. The van der Waals surface area contributed by atoms with E-state index in [0.29, 0.717) is 17.7 Å². The summed E-state index contributed by atoms with van der Waals surface area (Å²) in [5, 5.41) is 8.88. The van der Waals surface area contributed by atoms with E-state index in [9.17, 15) is 9.59 Å². The van der Waals surface area contributed by atoms with Crippen LogP contribution >= 0.6 is 0 Å². The number of hydrogen-bond donors (Lipinski definition) is 1. The zero-order valence-electron chi connectivity index (χ0n) is 12.0. The topological polar surface area (TPSA) is 75.4 Å². The van der Waals surface area contributed by atoms with Crippen LogP contribution in [0.1, 0.15) is 10.4 Å². The van der Waals surface area contributed by atoms with Crippen LogP contribution in [0.4, 0.5) is 0 Å². The van der Waals surface area contributed by atoms with Crippen LogP contribution in [-0.4, -0.2) is 46.2 Å². The van der Waals surface area contributed by atoms with Gasteiger partial charge in [0.2, 0.25) is 0 Å². The maximum absolute atomic E-state index is 12.4. The second-order valence-electron chi connectivity index (χ2n) is 4.99. The summed E-state index contributed by atoms with van der Waals surface area (Å²) in [4.78, 5) is 29.3. The summed E-state index contributed by atoms with van der Waals surface area (Å²) < 4.78 is 1.56. The molecule has 0 aliphatic rings. The number of nitrogens with zero attached hydrogens (tertiary/aromatic N) is 3. The number of aromatic carboxylic acids is 1. The average Bonchev–Trinajstić information content (AvgIpc) is 2.46. The van der Waals surface area contributed by atoms with Gasteiger partial charge in [-0.3, -0.25) is 9.36 Å². The fraction of sp³-hybridized carbons (Fsp3) is 0.267. The molecular weight excluding hydrogens is 270 g/mol. The van der Waals surface area contributed by atoms with Crippen LogP contribution in [0.3, 0.4) is 0 Å². The maximum atomic E-state index is 12.4. The molecule has 0 aliphatic carbocycles. The van der Waals surface area contributed by atoms with Gasteiger partial charge < -0.3 is 10.0 Å². The van der Waals surface area contributed by atoms with Crippen molar-refractivity contribution in [2.24, 2.45) is 0 Å². The molecule has 0 unspecified atom stereocenters. The van der Waals surface area contributed by atoms with Gasteiger partial charge in [0.25, 0.3) is 5.56 Å². The van der Waals surface area contributed by atoms with Gasteiger partial charge in [-0.15, -0.1) is 0 Å². The van der Waals surface area contributed by atoms with Crippen LogP contribution in [0.5, 0.6) is 0 Å². The molecule has 6 heteroatoms. The van der Waals surface area contributed by atoms with Gasteiger partial charge in [-0.05, 0) is 31.8 Å². The quantitative estimate of drug-likeness (QED) is 0.893. The second kappa shape index (κ2) is 6.32. The molecule has 2 aromatic rings. The first-order chi connectivity index (χ1) is 9.99. The van der Waals surface area contributed by atoms with Gasteiger partial charge in [0.15, 0.2) is 0 Å². The van der Waals surface area contributed by atoms with Crippen LogP contribution in [0, 0.1) is 0 Å². The summed E-state index contributed by atoms with van der Waals surface area (Å²) in [6.07, 6.45) is 3.02. The number of rotatable bonds is 5. The highest BCUT2D eigenvalue weighted by Gasteiger charge is 2.08. The first-order valence-electron chi connectivity index (χ1n) is 6.52. The summed E-state index contributed by atoms with van der Waals surface area (Å²) in [7, 11) is 3.87. The molecule has 0 atom stereocenters. The normalized spacial score (nSPS) is 10.8. The highest BCUT2D eigenvalue weighted by molar-refractivity contribution is 5.88. The lowest BCUT2D eigenvalue weighted by molar-refractivity contribution is 0.0697. The monoisotopic (exact) mass is 287 g/mol. The van der Waals surface area contributed by atoms with E-state index >= 15 is 0 Å². The molecule has 110 valence electrons. The van der Waals surface area contributed by atoms with E-state index in [1.807, 2.05) is 19.0 Å². The summed E-state index contributed by atoms with van der Waals surface area (Å²) in [6, 6.07) is 6.21. The fourth-order valence-corrected chi connectivity index (χ4v) is 1.91. The lowest BCUT2D eigenvalue weighted by Gasteiger charge is -2.11. The molecule has 0 bridgehead atoms. The first kappa shape index (κ1) is 14.9. The summed E-state index contributed by atoms with van der Waals surface area (Å²) in [5.41, 5.74) is 1.19. The van der Waals surface area contributed by atoms with E-state index in [0.717, 1.165) is 6.54 Å². The number of carboxylic acids is 1. The largest absolute Gasteiger partial charge is 0.478 e. The molecule has 21 heavy (non-hydrogen) atoms. The number of carboxylic acid groups (broad SMARTS) is 1. The molecule has 0 amide bonds. The molecular formula is C15H17N3O3. The Morgan fingerprint density at radius 2 is 1.95 bits per heavy atom. The second-order valence-corrected chi connectivity index (χ2v) is 4.99. The highest BCUT2D eigenvalue weighted by atomic mass is 16.4. The Morgan fingerprint density at radius 3 is 2.52 bits per heavy atom. The Labute approximate surface area is 122 Å². The Bertz CT molecular complexity index is 690. The predicted octanol–water partition coefficient (Wildman–Crippen LogP) is 1.17. The Balaban J connectivity index is 2.33. The van der Waals surface area contributed by atoms with Crippen LogP contribution in [-0.2, 0) is 6.54 Å². The van der Waals surface area contributed by atoms with Crippen molar-refractivity contribution in [3.05, 3.63) is 52.7 Å². The molecule has 1 aromatic heterocycles. The fourth-order valence-electron chi connectivity index (χ4n) is 1.91. The molecule has 0 radical (unpaired) electrons. The third-order valence-electron chi connectivity index (χ3n) is 3.13. The van der Waals surface area contributed by atoms with Gasteiger partial charge in [0.05, 0.1) is 17.5 Å².